The molecule has 1 heterocycles. The first-order chi connectivity index (χ1) is 14.0. The highest BCUT2D eigenvalue weighted by atomic mass is 16.2. The lowest BCUT2D eigenvalue weighted by atomic mass is 10.1. The van der Waals surface area contributed by atoms with E-state index in [2.05, 4.69) is 5.32 Å². The average Bonchev–Trinajstić information content (AvgIpc) is 3.24. The van der Waals surface area contributed by atoms with Gasteiger partial charge in [-0.3, -0.25) is 14.4 Å². The number of hydrogen-bond donors (Lipinski definition) is 1. The Hall–Kier alpha value is -3.15. The Morgan fingerprint density at radius 2 is 1.72 bits per heavy atom. The lowest BCUT2D eigenvalue weighted by Gasteiger charge is -2.28. The Labute approximate surface area is 171 Å². The average molecular weight is 393 g/mol. The fourth-order valence-corrected chi connectivity index (χ4v) is 3.71. The Kier molecular flexibility index (Phi) is 6.65. The zero-order valence-electron chi connectivity index (χ0n) is 16.9. The number of likely N-dealkylation sites (N-methyl/N-ethyl adjacent to an activating group) is 1. The predicted molar refractivity (Wildman–Crippen MR) is 111 cm³/mol. The van der Waals surface area contributed by atoms with Gasteiger partial charge in [-0.25, -0.2) is 0 Å². The van der Waals surface area contributed by atoms with Crippen LogP contribution in [0.25, 0.3) is 0 Å². The fourth-order valence-electron chi connectivity index (χ4n) is 3.71. The molecule has 3 rings (SSSR count). The van der Waals surface area contributed by atoms with E-state index in [-0.39, 0.29) is 17.7 Å². The predicted octanol–water partition coefficient (Wildman–Crippen LogP) is 2.24. The van der Waals surface area contributed by atoms with Crippen LogP contribution in [0.3, 0.4) is 0 Å². The Balaban J connectivity index is 1.62. The minimum atomic E-state index is -0.402. The monoisotopic (exact) mass is 393 g/mol. The molecule has 0 aliphatic carbocycles. The molecule has 0 aromatic heterocycles. The largest absolute Gasteiger partial charge is 0.355 e. The van der Waals surface area contributed by atoms with Gasteiger partial charge in [0.15, 0.2) is 0 Å². The summed E-state index contributed by atoms with van der Waals surface area (Å²) in [7, 11) is 3.35. The van der Waals surface area contributed by atoms with Crippen LogP contribution in [0.2, 0.25) is 0 Å². The molecule has 152 valence electrons. The summed E-state index contributed by atoms with van der Waals surface area (Å²) in [6, 6.07) is 16.4. The molecule has 0 radical (unpaired) electrons. The summed E-state index contributed by atoms with van der Waals surface area (Å²) in [5, 5.41) is 2.59. The molecule has 6 nitrogen and oxygen atoms in total. The standard InChI is InChI=1S/C23H27N3O3/c1-24-22(28)19-12-10-18(11-13-19)16-25(2)23(29)20-9-6-14-26(20)21(27)15-17-7-4-3-5-8-17/h3-5,7-8,10-13,20H,6,9,14-16H2,1-2H3,(H,24,28). The number of nitrogens with one attached hydrogen (secondary N) is 1. The van der Waals surface area contributed by atoms with E-state index in [1.165, 1.54) is 0 Å². The molecule has 0 saturated carbocycles. The first-order valence-corrected chi connectivity index (χ1v) is 9.89. The number of rotatable bonds is 6. The van der Waals surface area contributed by atoms with Crippen LogP contribution >= 0.6 is 0 Å². The topological polar surface area (TPSA) is 69.7 Å². The van der Waals surface area contributed by atoms with Gasteiger partial charge in [0.1, 0.15) is 6.04 Å². The minimum absolute atomic E-state index is 0.00428. The Morgan fingerprint density at radius 1 is 1.03 bits per heavy atom. The number of nitrogens with zero attached hydrogens (tertiary/aromatic N) is 2. The van der Waals surface area contributed by atoms with Crippen LogP contribution in [0.5, 0.6) is 0 Å². The molecule has 3 amide bonds. The number of benzene rings is 2. The van der Waals surface area contributed by atoms with Gasteiger partial charge in [-0.1, -0.05) is 42.5 Å². The molecule has 1 aliphatic rings. The van der Waals surface area contributed by atoms with E-state index in [0.717, 1.165) is 17.5 Å². The molecule has 29 heavy (non-hydrogen) atoms. The molecule has 1 atom stereocenters. The summed E-state index contributed by atoms with van der Waals surface area (Å²) in [5.74, 6) is -0.186. The number of hydrogen-bond acceptors (Lipinski definition) is 3. The van der Waals surface area contributed by atoms with Gasteiger partial charge in [-0.2, -0.15) is 0 Å². The van der Waals surface area contributed by atoms with Gasteiger partial charge in [0.25, 0.3) is 5.91 Å². The molecule has 2 aromatic carbocycles. The highest BCUT2D eigenvalue weighted by molar-refractivity contribution is 5.94. The third-order valence-electron chi connectivity index (χ3n) is 5.30. The van der Waals surface area contributed by atoms with E-state index >= 15 is 0 Å². The van der Waals surface area contributed by atoms with E-state index in [1.807, 2.05) is 42.5 Å². The highest BCUT2D eigenvalue weighted by Gasteiger charge is 2.35. The molecule has 2 aromatic rings. The van der Waals surface area contributed by atoms with Gasteiger partial charge < -0.3 is 15.1 Å². The van der Waals surface area contributed by atoms with Crippen molar-refractivity contribution < 1.29 is 14.4 Å². The summed E-state index contributed by atoms with van der Waals surface area (Å²) in [6.45, 7) is 1.06. The maximum absolute atomic E-state index is 13.0. The van der Waals surface area contributed by atoms with Crippen LogP contribution in [0, 0.1) is 0 Å². The summed E-state index contributed by atoms with van der Waals surface area (Å²) < 4.78 is 0. The van der Waals surface area contributed by atoms with Crippen LogP contribution < -0.4 is 5.32 Å². The second kappa shape index (κ2) is 9.37. The van der Waals surface area contributed by atoms with Crippen molar-refractivity contribution in [3.63, 3.8) is 0 Å². The van der Waals surface area contributed by atoms with Crippen molar-refractivity contribution in [2.75, 3.05) is 20.6 Å². The molecule has 6 heteroatoms. The van der Waals surface area contributed by atoms with Crippen LogP contribution in [-0.2, 0) is 22.6 Å². The fraction of sp³-hybridized carbons (Fsp3) is 0.348. The van der Waals surface area contributed by atoms with E-state index < -0.39 is 6.04 Å². The minimum Gasteiger partial charge on any atom is -0.355 e. The van der Waals surface area contributed by atoms with Gasteiger partial charge in [-0.05, 0) is 36.1 Å². The van der Waals surface area contributed by atoms with Gasteiger partial charge in [-0.15, -0.1) is 0 Å². The maximum Gasteiger partial charge on any atom is 0.251 e. The summed E-state index contributed by atoms with van der Waals surface area (Å²) in [4.78, 5) is 40.8. The van der Waals surface area contributed by atoms with Crippen molar-refractivity contribution >= 4 is 17.7 Å². The normalized spacial score (nSPS) is 15.8. The zero-order chi connectivity index (χ0) is 20.8. The zero-order valence-corrected chi connectivity index (χ0v) is 16.9. The highest BCUT2D eigenvalue weighted by Crippen LogP contribution is 2.21. The number of likely N-dealkylation sites (tertiary alicyclic amines) is 1. The van der Waals surface area contributed by atoms with E-state index in [0.29, 0.717) is 31.5 Å². The van der Waals surface area contributed by atoms with Crippen molar-refractivity contribution in [2.24, 2.45) is 0 Å². The third-order valence-corrected chi connectivity index (χ3v) is 5.30. The quantitative estimate of drug-likeness (QED) is 0.818. The van der Waals surface area contributed by atoms with Crippen molar-refractivity contribution in [1.82, 2.24) is 15.1 Å². The SMILES string of the molecule is CNC(=O)c1ccc(CN(C)C(=O)C2CCCN2C(=O)Cc2ccccc2)cc1. The second-order valence-electron chi connectivity index (χ2n) is 7.38. The van der Waals surface area contributed by atoms with Crippen LogP contribution in [0.4, 0.5) is 0 Å². The number of amides is 3. The molecule has 0 spiro atoms. The van der Waals surface area contributed by atoms with Crippen molar-refractivity contribution in [1.29, 1.82) is 0 Å². The third kappa shape index (κ3) is 5.02. The lowest BCUT2D eigenvalue weighted by Crippen LogP contribution is -2.46. The van der Waals surface area contributed by atoms with Gasteiger partial charge >= 0.3 is 0 Å². The first-order valence-electron chi connectivity index (χ1n) is 9.89. The van der Waals surface area contributed by atoms with Gasteiger partial charge in [0.2, 0.25) is 11.8 Å². The molecule has 1 N–H and O–H groups in total. The summed E-state index contributed by atoms with van der Waals surface area (Å²) >= 11 is 0. The van der Waals surface area contributed by atoms with Crippen LogP contribution in [0.15, 0.2) is 54.6 Å². The summed E-state index contributed by atoms with van der Waals surface area (Å²) in [6.07, 6.45) is 1.85. The van der Waals surface area contributed by atoms with Gasteiger partial charge in [0.05, 0.1) is 6.42 Å². The van der Waals surface area contributed by atoms with Crippen LogP contribution in [0.1, 0.15) is 34.3 Å². The Bertz CT molecular complexity index is 865. The van der Waals surface area contributed by atoms with E-state index in [1.54, 1.807) is 36.0 Å². The molecule has 1 unspecified atom stereocenters. The van der Waals surface area contributed by atoms with Crippen molar-refractivity contribution in [2.45, 2.75) is 31.8 Å². The molecule has 1 aliphatic heterocycles. The lowest BCUT2D eigenvalue weighted by molar-refractivity contribution is -0.143. The number of carbonyl (C=O) groups excluding carboxylic acids is 3. The molecule has 1 fully saturated rings. The van der Waals surface area contributed by atoms with E-state index in [9.17, 15) is 14.4 Å². The molecule has 1 saturated heterocycles. The Morgan fingerprint density at radius 3 is 2.38 bits per heavy atom. The molecular formula is C23H27N3O3. The van der Waals surface area contributed by atoms with Gasteiger partial charge in [0, 0.05) is 32.7 Å². The smallest absolute Gasteiger partial charge is 0.251 e. The summed E-state index contributed by atoms with van der Waals surface area (Å²) in [5.41, 5.74) is 2.48. The van der Waals surface area contributed by atoms with Crippen molar-refractivity contribution in [3.8, 4) is 0 Å². The second-order valence-corrected chi connectivity index (χ2v) is 7.38. The first kappa shape index (κ1) is 20.6. The number of carbonyl (C=O) groups is 3. The van der Waals surface area contributed by atoms with Crippen molar-refractivity contribution in [3.05, 3.63) is 71.3 Å². The maximum atomic E-state index is 13.0. The molecular weight excluding hydrogens is 366 g/mol. The van der Waals surface area contributed by atoms with Crippen LogP contribution in [-0.4, -0.2) is 54.2 Å². The molecule has 0 bridgehead atoms. The van der Waals surface area contributed by atoms with E-state index in [4.69, 9.17) is 0 Å².